The van der Waals surface area contributed by atoms with Crippen LogP contribution in [0.15, 0.2) is 138 Å². The first-order valence-corrected chi connectivity index (χ1v) is 14.3. The summed E-state index contributed by atoms with van der Waals surface area (Å²) in [4.78, 5) is 0. The van der Waals surface area contributed by atoms with E-state index in [0.29, 0.717) is 0 Å². The summed E-state index contributed by atoms with van der Waals surface area (Å²) in [6.45, 7) is 4.00. The van der Waals surface area contributed by atoms with Gasteiger partial charge in [0.1, 0.15) is 11.2 Å². The first kappa shape index (κ1) is 23.6. The molecule has 3 heteroatoms. The Hall–Kier alpha value is -5.28. The average Bonchev–Trinajstić information content (AvgIpc) is 3.69. The molecule has 0 saturated heterocycles. The second kappa shape index (κ2) is 9.14. The summed E-state index contributed by atoms with van der Waals surface area (Å²) in [6.07, 6.45) is 0. The highest BCUT2D eigenvalue weighted by Gasteiger charge is 2.19. The van der Waals surface area contributed by atoms with Gasteiger partial charge in [-0.25, -0.2) is 0 Å². The Morgan fingerprint density at radius 3 is 1.44 bits per heavy atom. The Kier molecular flexibility index (Phi) is 5.26. The number of para-hydroxylation sites is 4. The van der Waals surface area contributed by atoms with Crippen molar-refractivity contribution in [2.24, 2.45) is 0 Å². The van der Waals surface area contributed by atoms with E-state index in [1.807, 2.05) is 13.8 Å². The van der Waals surface area contributed by atoms with Crippen molar-refractivity contribution in [2.75, 3.05) is 0 Å². The molecule has 0 bridgehead atoms. The second-order valence-electron chi connectivity index (χ2n) is 10.2. The molecule has 0 spiro atoms. The van der Waals surface area contributed by atoms with Crippen LogP contribution in [-0.2, 0) is 0 Å². The van der Waals surface area contributed by atoms with Crippen LogP contribution in [0.3, 0.4) is 0 Å². The number of benzene rings is 6. The second-order valence-corrected chi connectivity index (χ2v) is 10.2. The van der Waals surface area contributed by atoms with Gasteiger partial charge in [0.15, 0.2) is 0 Å². The molecular formula is C38H28N2O. The molecule has 9 rings (SSSR count). The monoisotopic (exact) mass is 528 g/mol. The zero-order valence-corrected chi connectivity index (χ0v) is 23.0. The quantitative estimate of drug-likeness (QED) is 0.219. The largest absolute Gasteiger partial charge is 0.456 e. The molecule has 0 atom stereocenters. The van der Waals surface area contributed by atoms with Crippen molar-refractivity contribution in [2.45, 2.75) is 13.8 Å². The number of hydrogen-bond donors (Lipinski definition) is 0. The van der Waals surface area contributed by atoms with Gasteiger partial charge in [-0.3, -0.25) is 0 Å². The highest BCUT2D eigenvalue weighted by Crippen LogP contribution is 2.40. The van der Waals surface area contributed by atoms with Crippen LogP contribution in [0.1, 0.15) is 13.8 Å². The van der Waals surface area contributed by atoms with E-state index in [9.17, 15) is 0 Å². The number of furan rings is 1. The highest BCUT2D eigenvalue weighted by atomic mass is 16.3. The minimum absolute atomic E-state index is 0.891. The third kappa shape index (κ3) is 3.33. The summed E-state index contributed by atoms with van der Waals surface area (Å²) >= 11 is 0. The third-order valence-corrected chi connectivity index (χ3v) is 8.12. The van der Waals surface area contributed by atoms with Crippen LogP contribution < -0.4 is 0 Å². The third-order valence-electron chi connectivity index (χ3n) is 8.12. The van der Waals surface area contributed by atoms with E-state index >= 15 is 0 Å². The molecule has 3 aromatic heterocycles. The van der Waals surface area contributed by atoms with Crippen LogP contribution in [0.25, 0.3) is 76.9 Å². The Balaban J connectivity index is 0.00000125. The van der Waals surface area contributed by atoms with Crippen LogP contribution in [0, 0.1) is 0 Å². The summed E-state index contributed by atoms with van der Waals surface area (Å²) in [5, 5.41) is 7.27. The Labute approximate surface area is 237 Å². The normalized spacial score (nSPS) is 11.7. The zero-order valence-electron chi connectivity index (χ0n) is 23.0. The first-order chi connectivity index (χ1) is 20.4. The lowest BCUT2D eigenvalue weighted by atomic mass is 10.1. The van der Waals surface area contributed by atoms with Crippen LogP contribution in [0.2, 0.25) is 0 Å². The van der Waals surface area contributed by atoms with Crippen molar-refractivity contribution in [3.8, 4) is 11.4 Å². The van der Waals surface area contributed by atoms with Gasteiger partial charge in [-0.05, 0) is 54.6 Å². The van der Waals surface area contributed by atoms with Crippen molar-refractivity contribution in [1.82, 2.24) is 9.13 Å². The smallest absolute Gasteiger partial charge is 0.137 e. The van der Waals surface area contributed by atoms with E-state index in [-0.39, 0.29) is 0 Å². The fraction of sp³-hybridized carbons (Fsp3) is 0.0526. The van der Waals surface area contributed by atoms with Gasteiger partial charge >= 0.3 is 0 Å². The minimum atomic E-state index is 0.891. The molecule has 3 heterocycles. The molecule has 196 valence electrons. The number of rotatable bonds is 2. The molecule has 0 N–H and O–H groups in total. The molecule has 0 aliphatic heterocycles. The molecule has 0 radical (unpaired) electrons. The van der Waals surface area contributed by atoms with E-state index < -0.39 is 0 Å². The van der Waals surface area contributed by atoms with Gasteiger partial charge in [0, 0.05) is 32.6 Å². The summed E-state index contributed by atoms with van der Waals surface area (Å²) in [7, 11) is 0. The van der Waals surface area contributed by atoms with Crippen molar-refractivity contribution in [3.63, 3.8) is 0 Å². The first-order valence-electron chi connectivity index (χ1n) is 14.3. The molecule has 3 nitrogen and oxygen atoms in total. The van der Waals surface area contributed by atoms with Crippen molar-refractivity contribution in [3.05, 3.63) is 133 Å². The predicted octanol–water partition coefficient (Wildman–Crippen LogP) is 10.8. The van der Waals surface area contributed by atoms with Gasteiger partial charge in [-0.2, -0.15) is 0 Å². The van der Waals surface area contributed by atoms with Crippen molar-refractivity contribution >= 4 is 65.6 Å². The summed E-state index contributed by atoms with van der Waals surface area (Å²) in [5.74, 6) is 0. The van der Waals surface area contributed by atoms with Crippen LogP contribution >= 0.6 is 0 Å². The van der Waals surface area contributed by atoms with E-state index in [0.717, 1.165) is 33.3 Å². The van der Waals surface area contributed by atoms with Crippen molar-refractivity contribution in [1.29, 1.82) is 0 Å². The predicted molar refractivity (Wildman–Crippen MR) is 174 cm³/mol. The molecule has 41 heavy (non-hydrogen) atoms. The molecule has 0 aliphatic rings. The van der Waals surface area contributed by atoms with Gasteiger partial charge in [0.25, 0.3) is 0 Å². The Morgan fingerprint density at radius 2 is 0.902 bits per heavy atom. The fourth-order valence-electron chi connectivity index (χ4n) is 6.50. The Morgan fingerprint density at radius 1 is 0.415 bits per heavy atom. The van der Waals surface area contributed by atoms with E-state index in [2.05, 4.69) is 143 Å². The molecular weight excluding hydrogens is 500 g/mol. The van der Waals surface area contributed by atoms with Gasteiger partial charge < -0.3 is 13.6 Å². The maximum atomic E-state index is 6.44. The summed E-state index contributed by atoms with van der Waals surface area (Å²) in [6, 6.07) is 47.5. The number of nitrogens with zero attached hydrogens (tertiary/aromatic N) is 2. The number of aromatic nitrogens is 2. The molecule has 9 aromatic rings. The van der Waals surface area contributed by atoms with Crippen LogP contribution in [0.5, 0.6) is 0 Å². The lowest BCUT2D eigenvalue weighted by molar-refractivity contribution is 0.669. The molecule has 6 aromatic carbocycles. The highest BCUT2D eigenvalue weighted by molar-refractivity contribution is 6.15. The Bertz CT molecular complexity index is 2290. The van der Waals surface area contributed by atoms with Gasteiger partial charge in [0.2, 0.25) is 0 Å². The summed E-state index contributed by atoms with van der Waals surface area (Å²) in [5.41, 5.74) is 8.83. The van der Waals surface area contributed by atoms with E-state index in [1.165, 1.54) is 43.6 Å². The van der Waals surface area contributed by atoms with Gasteiger partial charge in [-0.15, -0.1) is 0 Å². The topological polar surface area (TPSA) is 23.0 Å². The molecule has 0 aliphatic carbocycles. The van der Waals surface area contributed by atoms with E-state index in [4.69, 9.17) is 4.42 Å². The average molecular weight is 529 g/mol. The minimum Gasteiger partial charge on any atom is -0.456 e. The zero-order chi connectivity index (χ0) is 27.5. The standard InChI is InChI=1S/C36H22N2O.C2H6/c1-5-14-29-24(10-1)25-11-2-6-15-30(25)37(29)23-20-21-34-28(22-23)36-33(18-9-19-35(36)39-34)38-31-16-7-3-12-26(31)27-13-4-8-17-32(27)38;1-2/h1-22H;1-2H3. The maximum absolute atomic E-state index is 6.44. The molecule has 0 saturated carbocycles. The van der Waals surface area contributed by atoms with Crippen LogP contribution in [0.4, 0.5) is 0 Å². The van der Waals surface area contributed by atoms with Gasteiger partial charge in [0.05, 0.1) is 33.1 Å². The van der Waals surface area contributed by atoms with Crippen molar-refractivity contribution < 1.29 is 4.42 Å². The molecule has 0 unspecified atom stereocenters. The lowest BCUT2D eigenvalue weighted by Crippen LogP contribution is -1.95. The maximum Gasteiger partial charge on any atom is 0.137 e. The number of fused-ring (bicyclic) bond motifs is 9. The molecule has 0 amide bonds. The van der Waals surface area contributed by atoms with Gasteiger partial charge in [-0.1, -0.05) is 92.7 Å². The van der Waals surface area contributed by atoms with E-state index in [1.54, 1.807) is 0 Å². The SMILES string of the molecule is CC.c1cc(-n2c3ccccc3c3ccccc32)c2c(c1)oc1ccc(-n3c4ccccc4c4ccccc43)cc12. The fourth-order valence-corrected chi connectivity index (χ4v) is 6.50. The molecule has 0 fully saturated rings. The van der Waals surface area contributed by atoms with Crippen LogP contribution in [-0.4, -0.2) is 9.13 Å². The number of hydrogen-bond acceptors (Lipinski definition) is 1. The summed E-state index contributed by atoms with van der Waals surface area (Å²) < 4.78 is 11.2. The lowest BCUT2D eigenvalue weighted by Gasteiger charge is -2.10.